The summed E-state index contributed by atoms with van der Waals surface area (Å²) in [6, 6.07) is 7.22. The van der Waals surface area contributed by atoms with Crippen LogP contribution in [0.25, 0.3) is 0 Å². The van der Waals surface area contributed by atoms with Crippen molar-refractivity contribution in [2.45, 2.75) is 52.6 Å². The van der Waals surface area contributed by atoms with Crippen molar-refractivity contribution >= 4 is 17.5 Å². The van der Waals surface area contributed by atoms with Crippen LogP contribution in [-0.2, 0) is 20.7 Å². The maximum absolute atomic E-state index is 12.8. The van der Waals surface area contributed by atoms with E-state index >= 15 is 0 Å². The molecule has 1 aliphatic rings. The summed E-state index contributed by atoms with van der Waals surface area (Å²) in [5, 5.41) is 0. The second-order valence-corrected chi connectivity index (χ2v) is 6.95. The molecule has 0 radical (unpaired) electrons. The number of carbonyl (C=O) groups excluding carboxylic acids is 3. The minimum absolute atomic E-state index is 0.0355. The van der Waals surface area contributed by atoms with Gasteiger partial charge >= 0.3 is 5.97 Å². The molecule has 1 aromatic rings. The van der Waals surface area contributed by atoms with Gasteiger partial charge in [-0.05, 0) is 46.1 Å². The van der Waals surface area contributed by atoms with Crippen LogP contribution in [0, 0.1) is 5.41 Å². The van der Waals surface area contributed by atoms with Gasteiger partial charge in [-0.2, -0.15) is 0 Å². The Labute approximate surface area is 130 Å². The second-order valence-electron chi connectivity index (χ2n) is 6.95. The molecule has 4 nitrogen and oxygen atoms in total. The monoisotopic (exact) mass is 302 g/mol. The Kier molecular flexibility index (Phi) is 4.23. The first-order valence-corrected chi connectivity index (χ1v) is 7.51. The lowest BCUT2D eigenvalue weighted by molar-refractivity contribution is -0.164. The summed E-state index contributed by atoms with van der Waals surface area (Å²) in [4.78, 5) is 36.9. The lowest BCUT2D eigenvalue weighted by Crippen LogP contribution is -2.42. The molecular formula is C18H22O4. The van der Waals surface area contributed by atoms with E-state index in [0.29, 0.717) is 12.0 Å². The van der Waals surface area contributed by atoms with E-state index in [1.165, 1.54) is 6.92 Å². The van der Waals surface area contributed by atoms with E-state index in [1.807, 2.05) is 12.1 Å². The summed E-state index contributed by atoms with van der Waals surface area (Å²) < 4.78 is 5.49. The van der Waals surface area contributed by atoms with E-state index in [1.54, 1.807) is 32.9 Å². The van der Waals surface area contributed by atoms with Crippen molar-refractivity contribution in [3.05, 3.63) is 35.4 Å². The number of carbonyl (C=O) groups is 3. The van der Waals surface area contributed by atoms with E-state index in [0.717, 1.165) is 5.56 Å². The minimum atomic E-state index is -1.26. The second kappa shape index (κ2) is 5.67. The van der Waals surface area contributed by atoms with Gasteiger partial charge in [0.05, 0.1) is 0 Å². The lowest BCUT2D eigenvalue weighted by atomic mass is 9.78. The highest BCUT2D eigenvalue weighted by Crippen LogP contribution is 2.42. The first kappa shape index (κ1) is 16.4. The fourth-order valence-corrected chi connectivity index (χ4v) is 2.79. The van der Waals surface area contributed by atoms with E-state index in [9.17, 15) is 14.4 Å². The molecule has 0 aromatic heterocycles. The maximum Gasteiger partial charge on any atom is 0.320 e. The van der Waals surface area contributed by atoms with Crippen molar-refractivity contribution in [1.82, 2.24) is 0 Å². The molecule has 0 amide bonds. The summed E-state index contributed by atoms with van der Waals surface area (Å²) in [7, 11) is 0. The summed E-state index contributed by atoms with van der Waals surface area (Å²) in [5.74, 6) is -0.785. The zero-order chi connectivity index (χ0) is 16.5. The third-order valence-electron chi connectivity index (χ3n) is 3.88. The zero-order valence-electron chi connectivity index (χ0n) is 13.6. The van der Waals surface area contributed by atoms with Crippen LogP contribution in [0.3, 0.4) is 0 Å². The van der Waals surface area contributed by atoms with Crippen LogP contribution in [0.5, 0.6) is 0 Å². The van der Waals surface area contributed by atoms with Gasteiger partial charge in [-0.3, -0.25) is 9.59 Å². The first-order chi connectivity index (χ1) is 10.2. The van der Waals surface area contributed by atoms with E-state index < -0.39 is 17.0 Å². The van der Waals surface area contributed by atoms with Crippen LogP contribution in [0.1, 0.15) is 56.5 Å². The number of esters is 1. The molecule has 0 N–H and O–H groups in total. The van der Waals surface area contributed by atoms with Crippen molar-refractivity contribution in [2.24, 2.45) is 5.41 Å². The summed E-state index contributed by atoms with van der Waals surface area (Å²) in [6.07, 6.45) is 0.702. The number of hydrogen-bond acceptors (Lipinski definition) is 4. The molecule has 0 fully saturated rings. The molecule has 1 aliphatic carbocycles. The van der Waals surface area contributed by atoms with E-state index in [2.05, 4.69) is 0 Å². The number of benzene rings is 1. The average molecular weight is 302 g/mol. The van der Waals surface area contributed by atoms with Crippen LogP contribution in [-0.4, -0.2) is 23.1 Å². The van der Waals surface area contributed by atoms with Gasteiger partial charge in [-0.15, -0.1) is 0 Å². The van der Waals surface area contributed by atoms with E-state index in [4.69, 9.17) is 4.74 Å². The molecule has 0 aliphatic heterocycles. The van der Waals surface area contributed by atoms with Crippen LogP contribution in [0.2, 0.25) is 0 Å². The highest BCUT2D eigenvalue weighted by molar-refractivity contribution is 6.16. The van der Waals surface area contributed by atoms with Crippen molar-refractivity contribution in [1.29, 1.82) is 0 Å². The smallest absolute Gasteiger partial charge is 0.320 e. The number of Topliss-reactive ketones (excluding diaryl/α,β-unsaturated/α-hetero) is 2. The number of hydrogen-bond donors (Lipinski definition) is 0. The fourth-order valence-electron chi connectivity index (χ4n) is 2.79. The maximum atomic E-state index is 12.8. The Bertz CT molecular complexity index is 624. The molecule has 22 heavy (non-hydrogen) atoms. The topological polar surface area (TPSA) is 60.4 Å². The van der Waals surface area contributed by atoms with Crippen LogP contribution in [0.15, 0.2) is 24.3 Å². The number of ketones is 2. The van der Waals surface area contributed by atoms with Gasteiger partial charge in [0.2, 0.25) is 0 Å². The third kappa shape index (κ3) is 3.11. The molecule has 0 heterocycles. The predicted octanol–water partition coefficient (Wildman–Crippen LogP) is 3.12. The van der Waals surface area contributed by atoms with Gasteiger partial charge < -0.3 is 9.53 Å². The van der Waals surface area contributed by atoms with Gasteiger partial charge in [-0.1, -0.05) is 24.3 Å². The van der Waals surface area contributed by atoms with Crippen LogP contribution < -0.4 is 0 Å². The molecule has 4 heteroatoms. The highest BCUT2D eigenvalue weighted by atomic mass is 16.6. The van der Waals surface area contributed by atoms with Gasteiger partial charge in [0.25, 0.3) is 0 Å². The molecule has 0 saturated carbocycles. The average Bonchev–Trinajstić information content (AvgIpc) is 2.69. The predicted molar refractivity (Wildman–Crippen MR) is 82.7 cm³/mol. The molecule has 1 atom stereocenters. The summed E-state index contributed by atoms with van der Waals surface area (Å²) in [6.45, 7) is 6.79. The number of fused-ring (bicyclic) bond motifs is 1. The largest absolute Gasteiger partial charge is 0.459 e. The highest BCUT2D eigenvalue weighted by Gasteiger charge is 2.53. The molecule has 0 spiro atoms. The molecule has 0 bridgehead atoms. The Morgan fingerprint density at radius 2 is 1.86 bits per heavy atom. The molecule has 2 rings (SSSR count). The third-order valence-corrected chi connectivity index (χ3v) is 3.88. The van der Waals surface area contributed by atoms with Gasteiger partial charge in [0, 0.05) is 12.0 Å². The summed E-state index contributed by atoms with van der Waals surface area (Å²) in [5.41, 5.74) is -0.517. The Hall–Kier alpha value is -1.97. The molecule has 118 valence electrons. The Morgan fingerprint density at radius 3 is 2.41 bits per heavy atom. The summed E-state index contributed by atoms with van der Waals surface area (Å²) >= 11 is 0. The zero-order valence-corrected chi connectivity index (χ0v) is 13.6. The fraction of sp³-hybridized carbons (Fsp3) is 0.500. The van der Waals surface area contributed by atoms with Gasteiger partial charge in [0.1, 0.15) is 16.8 Å². The van der Waals surface area contributed by atoms with Gasteiger partial charge in [0.15, 0.2) is 5.78 Å². The Morgan fingerprint density at radius 1 is 1.23 bits per heavy atom. The number of ether oxygens (including phenoxy) is 1. The SMILES string of the molecule is CC(=O)CC[C@]1(C(=O)OC(C)(C)C)Cc2ccccc2C1=O. The number of rotatable bonds is 4. The van der Waals surface area contributed by atoms with Crippen molar-refractivity contribution in [2.75, 3.05) is 0 Å². The Balaban J connectivity index is 2.39. The minimum Gasteiger partial charge on any atom is -0.459 e. The van der Waals surface area contributed by atoms with Crippen molar-refractivity contribution < 1.29 is 19.1 Å². The van der Waals surface area contributed by atoms with E-state index in [-0.39, 0.29) is 24.4 Å². The van der Waals surface area contributed by atoms with Gasteiger partial charge in [-0.25, -0.2) is 0 Å². The first-order valence-electron chi connectivity index (χ1n) is 7.51. The molecule has 0 saturated heterocycles. The molecule has 1 aromatic carbocycles. The van der Waals surface area contributed by atoms with Crippen LogP contribution in [0.4, 0.5) is 0 Å². The standard InChI is InChI=1S/C18H22O4/c1-12(19)9-10-18(16(21)22-17(2,3)4)11-13-7-5-6-8-14(13)15(18)20/h5-8H,9-11H2,1-4H3/t18-/m0/s1. The molecular weight excluding hydrogens is 280 g/mol. The van der Waals surface area contributed by atoms with Crippen LogP contribution >= 0.6 is 0 Å². The molecule has 0 unspecified atom stereocenters. The lowest BCUT2D eigenvalue weighted by Gasteiger charge is -2.29. The quantitative estimate of drug-likeness (QED) is 0.633. The van der Waals surface area contributed by atoms with Crippen molar-refractivity contribution in [3.63, 3.8) is 0 Å². The normalized spacial score (nSPS) is 20.6. The van der Waals surface area contributed by atoms with Crippen molar-refractivity contribution in [3.8, 4) is 0 Å².